The molecular formula is C24H14FN3OS. The topological polar surface area (TPSA) is 57.0 Å². The molecule has 1 aromatic heterocycles. The van der Waals surface area contributed by atoms with Crippen LogP contribution >= 0.6 is 11.3 Å². The van der Waals surface area contributed by atoms with Crippen LogP contribution in [0.2, 0.25) is 0 Å². The third-order valence-electron chi connectivity index (χ3n) is 5.05. The zero-order valence-electron chi connectivity index (χ0n) is 15.7. The molecule has 1 amide bonds. The average Bonchev–Trinajstić information content (AvgIpc) is 3.31. The van der Waals surface area contributed by atoms with Gasteiger partial charge in [0.25, 0.3) is 5.91 Å². The van der Waals surface area contributed by atoms with Gasteiger partial charge in [-0.15, -0.1) is 11.3 Å². The highest BCUT2D eigenvalue weighted by molar-refractivity contribution is 7.19. The Morgan fingerprint density at radius 1 is 1.03 bits per heavy atom. The Morgan fingerprint density at radius 3 is 2.53 bits per heavy atom. The van der Waals surface area contributed by atoms with E-state index >= 15 is 0 Å². The highest BCUT2D eigenvalue weighted by atomic mass is 32.1. The number of rotatable bonds is 3. The Kier molecular flexibility index (Phi) is 4.38. The minimum Gasteiger partial charge on any atom is -0.303 e. The Labute approximate surface area is 176 Å². The van der Waals surface area contributed by atoms with E-state index in [0.717, 1.165) is 21.5 Å². The van der Waals surface area contributed by atoms with Crippen LogP contribution in [-0.4, -0.2) is 10.9 Å². The summed E-state index contributed by atoms with van der Waals surface area (Å²) in [7, 11) is 0. The lowest BCUT2D eigenvalue weighted by atomic mass is 10.0. The Balaban J connectivity index is 1.65. The van der Waals surface area contributed by atoms with Crippen molar-refractivity contribution in [2.75, 3.05) is 4.90 Å². The number of halogens is 1. The number of para-hydroxylation sites is 2. The molecule has 0 aliphatic carbocycles. The van der Waals surface area contributed by atoms with Crippen molar-refractivity contribution in [3.8, 4) is 6.07 Å². The Hall–Kier alpha value is -3.82. The molecule has 1 aliphatic rings. The number of aromatic nitrogens is 1. The quantitative estimate of drug-likeness (QED) is 0.334. The van der Waals surface area contributed by atoms with Crippen LogP contribution in [0.1, 0.15) is 16.1 Å². The Morgan fingerprint density at radius 2 is 1.77 bits per heavy atom. The van der Waals surface area contributed by atoms with Crippen molar-refractivity contribution in [1.29, 1.82) is 5.26 Å². The third kappa shape index (κ3) is 2.97. The van der Waals surface area contributed by atoms with E-state index in [4.69, 9.17) is 0 Å². The number of nitriles is 1. The molecule has 0 unspecified atom stereocenters. The van der Waals surface area contributed by atoms with Crippen molar-refractivity contribution >= 4 is 44.3 Å². The number of amides is 1. The predicted octanol–water partition coefficient (Wildman–Crippen LogP) is 5.42. The molecule has 5 rings (SSSR count). The summed E-state index contributed by atoms with van der Waals surface area (Å²) in [5.74, 6) is -0.577. The molecule has 0 spiro atoms. The molecule has 0 N–H and O–H groups in total. The summed E-state index contributed by atoms with van der Waals surface area (Å²) >= 11 is 1.40. The van der Waals surface area contributed by atoms with E-state index in [1.54, 1.807) is 17.0 Å². The first kappa shape index (κ1) is 18.2. The lowest BCUT2D eigenvalue weighted by molar-refractivity contribution is -0.113. The summed E-state index contributed by atoms with van der Waals surface area (Å²) in [6.07, 6.45) is 0. The minimum absolute atomic E-state index is 0.253. The number of allylic oxidation sites excluding steroid dienone is 1. The van der Waals surface area contributed by atoms with Crippen LogP contribution in [0.3, 0.4) is 0 Å². The van der Waals surface area contributed by atoms with E-state index in [-0.39, 0.29) is 23.8 Å². The van der Waals surface area contributed by atoms with Crippen LogP contribution in [0.25, 0.3) is 21.4 Å². The predicted molar refractivity (Wildman–Crippen MR) is 116 cm³/mol. The number of hydrogen-bond donors (Lipinski definition) is 0. The molecule has 6 heteroatoms. The van der Waals surface area contributed by atoms with Crippen LogP contribution in [0.4, 0.5) is 10.1 Å². The number of carbonyl (C=O) groups excluding carboxylic acids is 1. The van der Waals surface area contributed by atoms with E-state index in [2.05, 4.69) is 11.1 Å². The van der Waals surface area contributed by atoms with Crippen LogP contribution < -0.4 is 4.90 Å². The molecule has 0 radical (unpaired) electrons. The van der Waals surface area contributed by atoms with Gasteiger partial charge in [0, 0.05) is 5.56 Å². The summed E-state index contributed by atoms with van der Waals surface area (Å²) in [5.41, 5.74) is 3.67. The molecule has 4 aromatic rings. The largest absolute Gasteiger partial charge is 0.303 e. The standard InChI is InChI=1S/C24H14FN3OS/c25-16-11-9-15(10-12-16)14-28-20-7-3-1-5-17(20)22(24(28)29)18(13-26)23-27-19-6-2-4-8-21(19)30-23/h1-12H,14H2. The van der Waals surface area contributed by atoms with Crippen LogP contribution in [-0.2, 0) is 11.3 Å². The molecule has 0 atom stereocenters. The molecule has 0 saturated carbocycles. The van der Waals surface area contributed by atoms with Gasteiger partial charge in [0.1, 0.15) is 22.5 Å². The lowest BCUT2D eigenvalue weighted by Gasteiger charge is -2.17. The number of hydrogen-bond acceptors (Lipinski definition) is 4. The van der Waals surface area contributed by atoms with Crippen molar-refractivity contribution in [3.63, 3.8) is 0 Å². The van der Waals surface area contributed by atoms with E-state index in [1.165, 1.54) is 23.5 Å². The van der Waals surface area contributed by atoms with Crippen molar-refractivity contribution in [2.45, 2.75) is 6.54 Å². The van der Waals surface area contributed by atoms with Crippen molar-refractivity contribution in [3.05, 3.63) is 94.7 Å². The fraction of sp³-hybridized carbons (Fsp3) is 0.0417. The number of fused-ring (bicyclic) bond motifs is 2. The van der Waals surface area contributed by atoms with Crippen molar-refractivity contribution < 1.29 is 9.18 Å². The second kappa shape index (κ2) is 7.21. The second-order valence-electron chi connectivity index (χ2n) is 6.88. The molecular weight excluding hydrogens is 397 g/mol. The smallest absolute Gasteiger partial charge is 0.260 e. The van der Waals surface area contributed by atoms with Gasteiger partial charge < -0.3 is 4.90 Å². The van der Waals surface area contributed by atoms with Crippen molar-refractivity contribution in [2.24, 2.45) is 0 Å². The van der Waals surface area contributed by atoms with E-state index in [1.807, 2.05) is 48.5 Å². The first-order chi connectivity index (χ1) is 14.7. The lowest BCUT2D eigenvalue weighted by Crippen LogP contribution is -2.26. The molecule has 30 heavy (non-hydrogen) atoms. The number of anilines is 1. The first-order valence-corrected chi connectivity index (χ1v) is 10.1. The normalized spacial score (nSPS) is 14.7. The van der Waals surface area contributed by atoms with Gasteiger partial charge in [-0.3, -0.25) is 4.79 Å². The maximum atomic E-state index is 13.4. The molecule has 4 nitrogen and oxygen atoms in total. The van der Waals surface area contributed by atoms with Crippen LogP contribution in [0, 0.1) is 17.1 Å². The van der Waals surface area contributed by atoms with Gasteiger partial charge in [0.2, 0.25) is 0 Å². The highest BCUT2D eigenvalue weighted by Crippen LogP contribution is 2.42. The van der Waals surface area contributed by atoms with Crippen LogP contribution in [0.5, 0.6) is 0 Å². The first-order valence-electron chi connectivity index (χ1n) is 9.32. The molecule has 0 saturated heterocycles. The van der Waals surface area contributed by atoms with E-state index < -0.39 is 0 Å². The van der Waals surface area contributed by atoms with Gasteiger partial charge in [-0.2, -0.15) is 5.26 Å². The van der Waals surface area contributed by atoms with Gasteiger partial charge in [-0.25, -0.2) is 9.37 Å². The Bertz CT molecular complexity index is 1330. The maximum Gasteiger partial charge on any atom is 0.260 e. The number of carbonyl (C=O) groups is 1. The molecule has 0 bridgehead atoms. The van der Waals surface area contributed by atoms with Crippen LogP contribution in [0.15, 0.2) is 72.8 Å². The molecule has 1 aliphatic heterocycles. The van der Waals surface area contributed by atoms with Crippen molar-refractivity contribution in [1.82, 2.24) is 4.98 Å². The summed E-state index contributed by atoms with van der Waals surface area (Å²) in [5, 5.41) is 10.5. The average molecular weight is 411 g/mol. The van der Waals surface area contributed by atoms with Gasteiger partial charge in [-0.1, -0.05) is 42.5 Å². The third-order valence-corrected chi connectivity index (χ3v) is 6.10. The summed E-state index contributed by atoms with van der Waals surface area (Å²) in [4.78, 5) is 19.7. The van der Waals surface area contributed by atoms with E-state index in [0.29, 0.717) is 16.1 Å². The highest BCUT2D eigenvalue weighted by Gasteiger charge is 2.35. The van der Waals surface area contributed by atoms with E-state index in [9.17, 15) is 14.4 Å². The monoisotopic (exact) mass is 411 g/mol. The number of nitrogens with zero attached hydrogens (tertiary/aromatic N) is 3. The molecule has 0 fully saturated rings. The maximum absolute atomic E-state index is 13.4. The molecule has 2 heterocycles. The zero-order valence-corrected chi connectivity index (χ0v) is 16.5. The SMILES string of the molecule is N#CC(=C1C(=O)N(Cc2ccc(F)cc2)c2ccccc21)c1nc2ccccc2s1. The fourth-order valence-corrected chi connectivity index (χ4v) is 4.61. The van der Waals surface area contributed by atoms with Gasteiger partial charge in [0.15, 0.2) is 0 Å². The fourth-order valence-electron chi connectivity index (χ4n) is 3.64. The summed E-state index contributed by atoms with van der Waals surface area (Å²) in [6.45, 7) is 0.290. The number of thiazole rings is 1. The second-order valence-corrected chi connectivity index (χ2v) is 7.91. The number of benzene rings is 3. The zero-order chi connectivity index (χ0) is 20.7. The minimum atomic E-state index is -0.324. The van der Waals surface area contributed by atoms with Gasteiger partial charge in [0.05, 0.1) is 28.0 Å². The summed E-state index contributed by atoms with van der Waals surface area (Å²) < 4.78 is 14.2. The summed E-state index contributed by atoms with van der Waals surface area (Å²) in [6, 6.07) is 23.3. The van der Waals surface area contributed by atoms with Gasteiger partial charge in [-0.05, 0) is 35.9 Å². The molecule has 3 aromatic carbocycles. The molecule has 144 valence electrons. The van der Waals surface area contributed by atoms with Gasteiger partial charge >= 0.3 is 0 Å².